The number of aliphatic hydroxyl groups is 1. The monoisotopic (exact) mass is 251 g/mol. The molecule has 0 saturated heterocycles. The van der Waals surface area contributed by atoms with E-state index in [1.54, 1.807) is 0 Å². The lowest BCUT2D eigenvalue weighted by molar-refractivity contribution is 0.0678. The van der Waals surface area contributed by atoms with Crippen LogP contribution in [0.2, 0.25) is 0 Å². The maximum Gasteiger partial charge on any atom is 0.214 e. The fourth-order valence-corrected chi connectivity index (χ4v) is 3.57. The number of rotatable bonds is 6. The highest BCUT2D eigenvalue weighted by molar-refractivity contribution is 7.90. The van der Waals surface area contributed by atoms with Crippen LogP contribution < -0.4 is 4.72 Å². The van der Waals surface area contributed by atoms with Crippen LogP contribution in [0.5, 0.6) is 0 Å². The van der Waals surface area contributed by atoms with Crippen LogP contribution in [-0.2, 0) is 14.8 Å². The molecule has 6 heteroatoms. The summed E-state index contributed by atoms with van der Waals surface area (Å²) in [5.41, 5.74) is 0. The molecule has 0 spiro atoms. The lowest BCUT2D eigenvalue weighted by Crippen LogP contribution is -2.40. The minimum Gasteiger partial charge on any atom is -0.389 e. The second-order valence-electron chi connectivity index (χ2n) is 4.26. The average molecular weight is 251 g/mol. The number of ether oxygens (including phenoxy) is 1. The Labute approximate surface area is 97.2 Å². The fourth-order valence-electron chi connectivity index (χ4n) is 1.96. The number of nitrogens with one attached hydrogen (secondary N) is 1. The highest BCUT2D eigenvalue weighted by atomic mass is 32.2. The van der Waals surface area contributed by atoms with Crippen molar-refractivity contribution in [2.24, 2.45) is 0 Å². The van der Waals surface area contributed by atoms with Gasteiger partial charge in [0.1, 0.15) is 0 Å². The van der Waals surface area contributed by atoms with Crippen LogP contribution in [-0.4, -0.2) is 45.1 Å². The van der Waals surface area contributed by atoms with Crippen LogP contribution >= 0.6 is 0 Å². The average Bonchev–Trinajstić information content (AvgIpc) is 2.28. The van der Waals surface area contributed by atoms with Crippen LogP contribution in [0.1, 0.15) is 32.1 Å². The van der Waals surface area contributed by atoms with Gasteiger partial charge in [0, 0.05) is 13.7 Å². The molecule has 1 aliphatic carbocycles. The maximum absolute atomic E-state index is 11.8. The summed E-state index contributed by atoms with van der Waals surface area (Å²) in [5.74, 6) is 0. The van der Waals surface area contributed by atoms with Gasteiger partial charge in [0.2, 0.25) is 10.0 Å². The zero-order valence-electron chi connectivity index (χ0n) is 9.68. The number of sulfonamides is 1. The van der Waals surface area contributed by atoms with E-state index in [4.69, 9.17) is 4.74 Å². The summed E-state index contributed by atoms with van der Waals surface area (Å²) in [7, 11) is -1.79. The molecule has 2 N–H and O–H groups in total. The molecule has 1 aliphatic rings. The molecule has 0 aromatic rings. The lowest BCUT2D eigenvalue weighted by Gasteiger charge is -2.22. The smallest absolute Gasteiger partial charge is 0.214 e. The Hall–Kier alpha value is -0.170. The Morgan fingerprint density at radius 2 is 2.00 bits per heavy atom. The summed E-state index contributed by atoms with van der Waals surface area (Å²) >= 11 is 0. The summed E-state index contributed by atoms with van der Waals surface area (Å²) in [5, 5.41) is 9.08. The highest BCUT2D eigenvalue weighted by Gasteiger charge is 2.27. The molecule has 0 amide bonds. The van der Waals surface area contributed by atoms with Crippen molar-refractivity contribution in [2.45, 2.75) is 43.5 Å². The third-order valence-electron chi connectivity index (χ3n) is 2.87. The van der Waals surface area contributed by atoms with Crippen molar-refractivity contribution in [2.75, 3.05) is 20.3 Å². The van der Waals surface area contributed by atoms with Gasteiger partial charge in [-0.05, 0) is 12.8 Å². The van der Waals surface area contributed by atoms with Crippen LogP contribution in [0, 0.1) is 0 Å². The van der Waals surface area contributed by atoms with Gasteiger partial charge >= 0.3 is 0 Å². The predicted molar refractivity (Wildman–Crippen MR) is 61.7 cm³/mol. The molecule has 0 aromatic carbocycles. The van der Waals surface area contributed by atoms with Crippen molar-refractivity contribution in [1.82, 2.24) is 4.72 Å². The van der Waals surface area contributed by atoms with E-state index < -0.39 is 16.1 Å². The Morgan fingerprint density at radius 1 is 1.38 bits per heavy atom. The minimum absolute atomic E-state index is 0.0344. The molecule has 0 bridgehead atoms. The van der Waals surface area contributed by atoms with Gasteiger partial charge < -0.3 is 9.84 Å². The fraction of sp³-hybridized carbons (Fsp3) is 1.00. The molecule has 5 nitrogen and oxygen atoms in total. The van der Waals surface area contributed by atoms with E-state index in [9.17, 15) is 13.5 Å². The zero-order chi connectivity index (χ0) is 12.0. The van der Waals surface area contributed by atoms with Crippen molar-refractivity contribution < 1.29 is 18.3 Å². The van der Waals surface area contributed by atoms with Crippen molar-refractivity contribution >= 4 is 10.0 Å². The Bertz CT molecular complexity index is 285. The third-order valence-corrected chi connectivity index (χ3v) is 4.79. The molecule has 96 valence electrons. The first-order chi connectivity index (χ1) is 7.56. The van der Waals surface area contributed by atoms with Gasteiger partial charge in [-0.3, -0.25) is 0 Å². The standard InChI is InChI=1S/C10H21NO4S/c1-15-8-9(12)7-11-16(13,14)10-5-3-2-4-6-10/h9-12H,2-8H2,1H3. The summed E-state index contributed by atoms with van der Waals surface area (Å²) in [6, 6.07) is 0. The molecule has 0 aliphatic heterocycles. The molecule has 1 atom stereocenters. The van der Waals surface area contributed by atoms with Gasteiger partial charge in [-0.25, -0.2) is 13.1 Å². The van der Waals surface area contributed by atoms with E-state index in [1.165, 1.54) is 7.11 Å². The Morgan fingerprint density at radius 3 is 2.56 bits per heavy atom. The zero-order valence-corrected chi connectivity index (χ0v) is 10.5. The summed E-state index contributed by atoms with van der Waals surface area (Å²) in [4.78, 5) is 0. The van der Waals surface area contributed by atoms with Crippen LogP contribution in [0.15, 0.2) is 0 Å². The summed E-state index contributed by atoms with van der Waals surface area (Å²) < 4.78 is 30.8. The number of hydrogen-bond donors (Lipinski definition) is 2. The van der Waals surface area contributed by atoms with Crippen molar-refractivity contribution in [3.05, 3.63) is 0 Å². The van der Waals surface area contributed by atoms with Crippen LogP contribution in [0.3, 0.4) is 0 Å². The molecule has 1 rings (SSSR count). The molecule has 1 saturated carbocycles. The first-order valence-corrected chi connectivity index (χ1v) is 7.26. The second kappa shape index (κ2) is 6.54. The van der Waals surface area contributed by atoms with Crippen molar-refractivity contribution in [3.8, 4) is 0 Å². The van der Waals surface area contributed by atoms with E-state index >= 15 is 0 Å². The normalized spacial score (nSPS) is 20.9. The molecule has 0 radical (unpaired) electrons. The second-order valence-corrected chi connectivity index (χ2v) is 6.31. The van der Waals surface area contributed by atoms with Gasteiger partial charge in [0.25, 0.3) is 0 Å². The molecule has 0 heterocycles. The van der Waals surface area contributed by atoms with Crippen LogP contribution in [0.4, 0.5) is 0 Å². The van der Waals surface area contributed by atoms with Gasteiger partial charge in [-0.15, -0.1) is 0 Å². The Balaban J connectivity index is 2.38. The largest absolute Gasteiger partial charge is 0.389 e. The van der Waals surface area contributed by atoms with Gasteiger partial charge in [0.05, 0.1) is 18.0 Å². The Kier molecular flexibility index (Phi) is 5.68. The molecule has 1 fully saturated rings. The van der Waals surface area contributed by atoms with E-state index in [2.05, 4.69) is 4.72 Å². The maximum atomic E-state index is 11.8. The molecule has 16 heavy (non-hydrogen) atoms. The minimum atomic E-state index is -3.26. The number of hydrogen-bond acceptors (Lipinski definition) is 4. The number of methoxy groups -OCH3 is 1. The van der Waals surface area contributed by atoms with E-state index in [1.807, 2.05) is 0 Å². The van der Waals surface area contributed by atoms with Crippen LogP contribution in [0.25, 0.3) is 0 Å². The lowest BCUT2D eigenvalue weighted by atomic mass is 10.0. The molecular formula is C10H21NO4S. The summed E-state index contributed by atoms with van der Waals surface area (Å²) in [6.07, 6.45) is 3.77. The first kappa shape index (κ1) is 13.9. The van der Waals surface area contributed by atoms with Crippen molar-refractivity contribution in [3.63, 3.8) is 0 Å². The van der Waals surface area contributed by atoms with E-state index in [0.717, 1.165) is 32.1 Å². The first-order valence-electron chi connectivity index (χ1n) is 5.71. The van der Waals surface area contributed by atoms with Crippen molar-refractivity contribution in [1.29, 1.82) is 0 Å². The van der Waals surface area contributed by atoms with E-state index in [-0.39, 0.29) is 18.4 Å². The van der Waals surface area contributed by atoms with E-state index in [0.29, 0.717) is 0 Å². The van der Waals surface area contributed by atoms with Gasteiger partial charge in [-0.1, -0.05) is 19.3 Å². The van der Waals surface area contributed by atoms with Gasteiger partial charge in [-0.2, -0.15) is 0 Å². The highest BCUT2D eigenvalue weighted by Crippen LogP contribution is 2.22. The SMILES string of the molecule is COCC(O)CNS(=O)(=O)C1CCCCC1. The molecular weight excluding hydrogens is 230 g/mol. The topological polar surface area (TPSA) is 75.6 Å². The summed E-state index contributed by atoms with van der Waals surface area (Å²) in [6.45, 7) is 0.180. The predicted octanol–water partition coefficient (Wildman–Crippen LogP) is 0.246. The molecule has 1 unspecified atom stereocenters. The number of aliphatic hydroxyl groups excluding tert-OH is 1. The third kappa shape index (κ3) is 4.37. The quantitative estimate of drug-likeness (QED) is 0.709. The van der Waals surface area contributed by atoms with Gasteiger partial charge in [0.15, 0.2) is 0 Å². The molecule has 0 aromatic heterocycles.